The van der Waals surface area contributed by atoms with E-state index in [0.717, 1.165) is 27.5 Å². The van der Waals surface area contributed by atoms with Crippen molar-refractivity contribution in [2.45, 2.75) is 32.8 Å². The number of aromatic nitrogens is 1. The fraction of sp³-hybridized carbons (Fsp3) is 0.545. The first-order valence-electron chi connectivity index (χ1n) is 4.99. The normalized spacial score (nSPS) is 13.2. The SMILES string of the molecule is CC(C)CCC(O)c1ncc(Br)cc1Br. The maximum Gasteiger partial charge on any atom is 0.0971 e. The summed E-state index contributed by atoms with van der Waals surface area (Å²) in [6.45, 7) is 4.30. The lowest BCUT2D eigenvalue weighted by atomic mass is 10.0. The topological polar surface area (TPSA) is 33.1 Å². The minimum Gasteiger partial charge on any atom is -0.387 e. The van der Waals surface area contributed by atoms with Crippen LogP contribution in [0, 0.1) is 5.92 Å². The van der Waals surface area contributed by atoms with E-state index in [1.54, 1.807) is 6.20 Å². The van der Waals surface area contributed by atoms with Gasteiger partial charge in [-0.2, -0.15) is 0 Å². The van der Waals surface area contributed by atoms with Gasteiger partial charge in [-0.15, -0.1) is 0 Å². The maximum absolute atomic E-state index is 9.93. The summed E-state index contributed by atoms with van der Waals surface area (Å²) < 4.78 is 1.77. The quantitative estimate of drug-likeness (QED) is 0.898. The van der Waals surface area contributed by atoms with Crippen LogP contribution in [0.25, 0.3) is 0 Å². The van der Waals surface area contributed by atoms with Crippen LogP contribution in [0.15, 0.2) is 21.2 Å². The third-order valence-corrected chi connectivity index (χ3v) is 3.24. The van der Waals surface area contributed by atoms with E-state index in [9.17, 15) is 5.11 Å². The first-order valence-corrected chi connectivity index (χ1v) is 6.58. The van der Waals surface area contributed by atoms with Crippen molar-refractivity contribution >= 4 is 31.9 Å². The first-order chi connectivity index (χ1) is 7.00. The Balaban J connectivity index is 2.69. The van der Waals surface area contributed by atoms with Crippen molar-refractivity contribution in [3.8, 4) is 0 Å². The van der Waals surface area contributed by atoms with Gasteiger partial charge in [0.05, 0.1) is 11.8 Å². The Morgan fingerprint density at radius 3 is 2.53 bits per heavy atom. The van der Waals surface area contributed by atoms with Crippen molar-refractivity contribution in [1.82, 2.24) is 4.98 Å². The molecule has 4 heteroatoms. The largest absolute Gasteiger partial charge is 0.387 e. The van der Waals surface area contributed by atoms with Crippen LogP contribution < -0.4 is 0 Å². The van der Waals surface area contributed by atoms with Gasteiger partial charge in [0.2, 0.25) is 0 Å². The fourth-order valence-corrected chi connectivity index (χ4v) is 2.55. The van der Waals surface area contributed by atoms with Gasteiger partial charge in [-0.05, 0) is 56.7 Å². The number of hydrogen-bond donors (Lipinski definition) is 1. The molecule has 0 saturated heterocycles. The Labute approximate surface area is 107 Å². The number of halogens is 2. The van der Waals surface area contributed by atoms with Gasteiger partial charge in [0.15, 0.2) is 0 Å². The molecule has 1 N–H and O–H groups in total. The highest BCUT2D eigenvalue weighted by molar-refractivity contribution is 9.11. The summed E-state index contributed by atoms with van der Waals surface area (Å²) in [6.07, 6.45) is 2.99. The van der Waals surface area contributed by atoms with Crippen molar-refractivity contribution in [3.05, 3.63) is 26.9 Å². The van der Waals surface area contributed by atoms with Gasteiger partial charge in [0.25, 0.3) is 0 Å². The van der Waals surface area contributed by atoms with E-state index in [-0.39, 0.29) is 0 Å². The molecule has 2 nitrogen and oxygen atoms in total. The van der Waals surface area contributed by atoms with E-state index in [1.807, 2.05) is 6.07 Å². The molecule has 0 fully saturated rings. The van der Waals surface area contributed by atoms with E-state index in [0.29, 0.717) is 5.92 Å². The zero-order chi connectivity index (χ0) is 11.4. The molecular formula is C11H15Br2NO. The molecular weight excluding hydrogens is 322 g/mol. The molecule has 1 aromatic rings. The van der Waals surface area contributed by atoms with Crippen LogP contribution in [0.1, 0.15) is 38.5 Å². The summed E-state index contributed by atoms with van der Waals surface area (Å²) in [4.78, 5) is 4.21. The highest BCUT2D eigenvalue weighted by Gasteiger charge is 2.13. The predicted molar refractivity (Wildman–Crippen MR) is 68.7 cm³/mol. The lowest BCUT2D eigenvalue weighted by Crippen LogP contribution is -2.03. The lowest BCUT2D eigenvalue weighted by Gasteiger charge is -2.13. The molecule has 0 aliphatic heterocycles. The third kappa shape index (κ3) is 4.21. The monoisotopic (exact) mass is 335 g/mol. The second-order valence-electron chi connectivity index (χ2n) is 4.01. The first kappa shape index (κ1) is 13.1. The maximum atomic E-state index is 9.93. The average molecular weight is 337 g/mol. The van der Waals surface area contributed by atoms with Crippen molar-refractivity contribution in [2.75, 3.05) is 0 Å². The zero-order valence-electron chi connectivity index (χ0n) is 8.87. The molecule has 0 radical (unpaired) electrons. The number of hydrogen-bond acceptors (Lipinski definition) is 2. The fourth-order valence-electron chi connectivity index (χ4n) is 1.30. The molecule has 15 heavy (non-hydrogen) atoms. The minimum absolute atomic E-state index is 0.477. The minimum atomic E-state index is -0.477. The molecule has 0 spiro atoms. The molecule has 1 atom stereocenters. The van der Waals surface area contributed by atoms with Crippen molar-refractivity contribution in [2.24, 2.45) is 5.92 Å². The smallest absolute Gasteiger partial charge is 0.0971 e. The van der Waals surface area contributed by atoms with Gasteiger partial charge in [0, 0.05) is 15.1 Å². The highest BCUT2D eigenvalue weighted by Crippen LogP contribution is 2.27. The lowest BCUT2D eigenvalue weighted by molar-refractivity contribution is 0.154. The van der Waals surface area contributed by atoms with Gasteiger partial charge in [0.1, 0.15) is 0 Å². The summed E-state index contributed by atoms with van der Waals surface area (Å²) in [5.74, 6) is 0.605. The molecule has 1 aromatic heterocycles. The number of aliphatic hydroxyl groups excluding tert-OH is 1. The molecule has 1 rings (SSSR count). The molecule has 0 aromatic carbocycles. The van der Waals surface area contributed by atoms with Gasteiger partial charge in [-0.1, -0.05) is 13.8 Å². The third-order valence-electron chi connectivity index (χ3n) is 2.17. The van der Waals surface area contributed by atoms with Gasteiger partial charge in [-0.3, -0.25) is 4.98 Å². The van der Waals surface area contributed by atoms with Gasteiger partial charge in [-0.25, -0.2) is 0 Å². The van der Waals surface area contributed by atoms with Crippen LogP contribution in [0.3, 0.4) is 0 Å². The van der Waals surface area contributed by atoms with E-state index in [1.165, 1.54) is 0 Å². The predicted octanol–water partition coefficient (Wildman–Crippen LogP) is 4.08. The summed E-state index contributed by atoms with van der Waals surface area (Å²) in [5, 5.41) is 9.93. The molecule has 0 bridgehead atoms. The molecule has 0 amide bonds. The molecule has 84 valence electrons. The number of nitrogens with zero attached hydrogens (tertiary/aromatic N) is 1. The van der Waals surface area contributed by atoms with Crippen molar-refractivity contribution < 1.29 is 5.11 Å². The van der Waals surface area contributed by atoms with Crippen LogP contribution >= 0.6 is 31.9 Å². The second-order valence-corrected chi connectivity index (χ2v) is 5.78. The molecule has 0 saturated carbocycles. The molecule has 1 unspecified atom stereocenters. The average Bonchev–Trinajstić information content (AvgIpc) is 2.14. The van der Waals surface area contributed by atoms with Crippen LogP contribution in [0.2, 0.25) is 0 Å². The Kier molecular flexibility index (Phi) is 5.23. The van der Waals surface area contributed by atoms with Crippen LogP contribution in [-0.2, 0) is 0 Å². The number of aliphatic hydroxyl groups is 1. The van der Waals surface area contributed by atoms with E-state index in [2.05, 4.69) is 50.7 Å². The molecule has 0 aliphatic rings. The van der Waals surface area contributed by atoms with E-state index in [4.69, 9.17) is 0 Å². The van der Waals surface area contributed by atoms with Crippen LogP contribution in [0.4, 0.5) is 0 Å². The zero-order valence-corrected chi connectivity index (χ0v) is 12.0. The van der Waals surface area contributed by atoms with Crippen LogP contribution in [0.5, 0.6) is 0 Å². The highest BCUT2D eigenvalue weighted by atomic mass is 79.9. The van der Waals surface area contributed by atoms with E-state index >= 15 is 0 Å². The van der Waals surface area contributed by atoms with Gasteiger partial charge < -0.3 is 5.11 Å². The van der Waals surface area contributed by atoms with E-state index < -0.39 is 6.10 Å². The van der Waals surface area contributed by atoms with Crippen LogP contribution in [-0.4, -0.2) is 10.1 Å². The summed E-state index contributed by atoms with van der Waals surface area (Å²) in [5.41, 5.74) is 0.721. The Morgan fingerprint density at radius 1 is 1.33 bits per heavy atom. The summed E-state index contributed by atoms with van der Waals surface area (Å²) in [7, 11) is 0. The Bertz CT molecular complexity index is 328. The second kappa shape index (κ2) is 5.97. The standard InChI is InChI=1S/C11H15Br2NO/c1-7(2)3-4-10(15)11-9(13)5-8(12)6-14-11/h5-7,10,15H,3-4H2,1-2H3. The molecule has 1 heterocycles. The summed E-state index contributed by atoms with van der Waals surface area (Å²) in [6, 6.07) is 1.90. The molecule has 0 aliphatic carbocycles. The van der Waals surface area contributed by atoms with Crippen molar-refractivity contribution in [1.29, 1.82) is 0 Å². The Hall–Kier alpha value is 0.0700. The Morgan fingerprint density at radius 2 is 2.00 bits per heavy atom. The number of rotatable bonds is 4. The number of pyridine rings is 1. The summed E-state index contributed by atoms with van der Waals surface area (Å²) >= 11 is 6.74. The van der Waals surface area contributed by atoms with Crippen molar-refractivity contribution in [3.63, 3.8) is 0 Å². The van der Waals surface area contributed by atoms with Gasteiger partial charge >= 0.3 is 0 Å².